The Labute approximate surface area is 177 Å². The van der Waals surface area contributed by atoms with Crippen molar-refractivity contribution < 1.29 is 14.3 Å². The lowest BCUT2D eigenvalue weighted by Crippen LogP contribution is -2.24. The summed E-state index contributed by atoms with van der Waals surface area (Å²) in [7, 11) is 0. The zero-order valence-electron chi connectivity index (χ0n) is 17.7. The minimum Gasteiger partial charge on any atom is -0.372 e. The van der Waals surface area contributed by atoms with Gasteiger partial charge in [0.15, 0.2) is 5.78 Å². The van der Waals surface area contributed by atoms with E-state index in [4.69, 9.17) is 4.74 Å². The van der Waals surface area contributed by atoms with E-state index in [1.165, 1.54) is 6.92 Å². The van der Waals surface area contributed by atoms with E-state index in [-0.39, 0.29) is 11.7 Å². The van der Waals surface area contributed by atoms with Crippen LogP contribution in [0.5, 0.6) is 0 Å². The van der Waals surface area contributed by atoms with Crippen LogP contribution < -0.4 is 5.32 Å². The first-order valence-electron chi connectivity index (χ1n) is 10.2. The van der Waals surface area contributed by atoms with Gasteiger partial charge in [0.1, 0.15) is 5.69 Å². The topological polar surface area (TPSA) is 71.2 Å². The van der Waals surface area contributed by atoms with E-state index < -0.39 is 0 Å². The van der Waals surface area contributed by atoms with Crippen molar-refractivity contribution in [2.45, 2.75) is 47.0 Å². The van der Waals surface area contributed by atoms with E-state index >= 15 is 0 Å². The Morgan fingerprint density at radius 2 is 1.53 bits per heavy atom. The number of benzene rings is 2. The van der Waals surface area contributed by atoms with Crippen molar-refractivity contribution in [3.8, 4) is 0 Å². The van der Waals surface area contributed by atoms with Gasteiger partial charge in [0.25, 0.3) is 5.91 Å². The summed E-state index contributed by atoms with van der Waals surface area (Å²) in [4.78, 5) is 27.6. The fraction of sp³-hybridized carbons (Fsp3) is 0.280. The van der Waals surface area contributed by atoms with Crippen LogP contribution in [0.15, 0.2) is 54.6 Å². The highest BCUT2D eigenvalue weighted by Gasteiger charge is 2.21. The molecule has 1 aromatic heterocycles. The van der Waals surface area contributed by atoms with Gasteiger partial charge in [-0.15, -0.1) is 0 Å². The van der Waals surface area contributed by atoms with E-state index in [1.807, 2.05) is 68.4 Å². The number of Topliss-reactive ketones (excluding diaryl/α,β-unsaturated/α-hetero) is 1. The maximum absolute atomic E-state index is 12.7. The van der Waals surface area contributed by atoms with Gasteiger partial charge >= 0.3 is 0 Å². The molecule has 1 amide bonds. The number of aromatic nitrogens is 1. The average Bonchev–Trinajstić information content (AvgIpc) is 3.10. The van der Waals surface area contributed by atoms with Crippen molar-refractivity contribution in [2.75, 3.05) is 0 Å². The van der Waals surface area contributed by atoms with Gasteiger partial charge in [-0.25, -0.2) is 0 Å². The quantitative estimate of drug-likeness (QED) is 0.506. The third kappa shape index (κ3) is 5.24. The molecule has 0 aliphatic carbocycles. The van der Waals surface area contributed by atoms with Crippen molar-refractivity contribution in [1.82, 2.24) is 10.3 Å². The molecule has 0 radical (unpaired) electrons. The monoisotopic (exact) mass is 404 g/mol. The normalized spacial score (nSPS) is 10.8. The lowest BCUT2D eigenvalue weighted by molar-refractivity contribution is 0.0945. The van der Waals surface area contributed by atoms with Crippen molar-refractivity contribution in [3.05, 3.63) is 93.8 Å². The molecule has 0 saturated carbocycles. The molecule has 5 nitrogen and oxygen atoms in total. The van der Waals surface area contributed by atoms with Crippen LogP contribution in [0.3, 0.4) is 0 Å². The van der Waals surface area contributed by atoms with Gasteiger partial charge in [-0.2, -0.15) is 0 Å². The Kier molecular flexibility index (Phi) is 7.20. The van der Waals surface area contributed by atoms with E-state index in [2.05, 4.69) is 10.3 Å². The van der Waals surface area contributed by atoms with Crippen LogP contribution in [0.25, 0.3) is 0 Å². The summed E-state index contributed by atoms with van der Waals surface area (Å²) < 4.78 is 5.76. The Morgan fingerprint density at radius 3 is 2.13 bits per heavy atom. The minimum absolute atomic E-state index is 0.0234. The summed E-state index contributed by atoms with van der Waals surface area (Å²) in [5.74, 6) is -0.220. The molecule has 1 heterocycles. The molecule has 0 fully saturated rings. The fourth-order valence-corrected chi connectivity index (χ4v) is 3.59. The van der Waals surface area contributed by atoms with Gasteiger partial charge in [-0.05, 0) is 42.5 Å². The van der Waals surface area contributed by atoms with Gasteiger partial charge in [0.05, 0.1) is 13.2 Å². The van der Waals surface area contributed by atoms with Crippen molar-refractivity contribution in [3.63, 3.8) is 0 Å². The number of amides is 1. The summed E-state index contributed by atoms with van der Waals surface area (Å²) in [5, 5.41) is 2.94. The predicted octanol–water partition coefficient (Wildman–Crippen LogP) is 4.73. The molecule has 30 heavy (non-hydrogen) atoms. The second-order valence-electron chi connectivity index (χ2n) is 7.37. The van der Waals surface area contributed by atoms with E-state index in [0.717, 1.165) is 27.9 Å². The molecule has 0 spiro atoms. The third-order valence-corrected chi connectivity index (χ3v) is 5.08. The molecule has 156 valence electrons. The Bertz CT molecular complexity index is 1000. The van der Waals surface area contributed by atoms with Gasteiger partial charge < -0.3 is 15.0 Å². The Hall–Kier alpha value is -3.18. The fourth-order valence-electron chi connectivity index (χ4n) is 3.59. The smallest absolute Gasteiger partial charge is 0.268 e. The highest BCUT2D eigenvalue weighted by Crippen LogP contribution is 2.20. The standard InChI is InChI=1S/C25H28N2O3/c1-4-22-23(18(3)28)17(2)27-24(22)25(29)26-14-19-10-12-21(13-11-19)16-30-15-20-8-6-5-7-9-20/h5-13,27H,4,14-16H2,1-3H3,(H,26,29). The second-order valence-corrected chi connectivity index (χ2v) is 7.37. The van der Waals surface area contributed by atoms with Crippen LogP contribution in [-0.4, -0.2) is 16.7 Å². The van der Waals surface area contributed by atoms with Crippen molar-refractivity contribution in [1.29, 1.82) is 0 Å². The van der Waals surface area contributed by atoms with Gasteiger partial charge in [0.2, 0.25) is 0 Å². The molecule has 2 aromatic carbocycles. The first-order chi connectivity index (χ1) is 14.5. The first kappa shape index (κ1) is 21.5. The number of hydrogen-bond acceptors (Lipinski definition) is 3. The van der Waals surface area contributed by atoms with Crippen LogP contribution in [0.4, 0.5) is 0 Å². The second kappa shape index (κ2) is 10.0. The van der Waals surface area contributed by atoms with Crippen molar-refractivity contribution in [2.24, 2.45) is 0 Å². The molecule has 2 N–H and O–H groups in total. The number of ether oxygens (including phenoxy) is 1. The van der Waals surface area contributed by atoms with E-state index in [0.29, 0.717) is 37.4 Å². The number of nitrogens with one attached hydrogen (secondary N) is 2. The number of hydrogen-bond donors (Lipinski definition) is 2. The largest absolute Gasteiger partial charge is 0.372 e. The van der Waals surface area contributed by atoms with Crippen LogP contribution in [0.2, 0.25) is 0 Å². The Morgan fingerprint density at radius 1 is 0.933 bits per heavy atom. The number of carbonyl (C=O) groups is 2. The molecular formula is C25H28N2O3. The summed E-state index contributed by atoms with van der Waals surface area (Å²) in [6.45, 7) is 6.84. The van der Waals surface area contributed by atoms with Crippen LogP contribution >= 0.6 is 0 Å². The van der Waals surface area contributed by atoms with Crippen LogP contribution in [0.1, 0.15) is 62.6 Å². The number of ketones is 1. The molecule has 0 aliphatic rings. The molecule has 3 aromatic rings. The van der Waals surface area contributed by atoms with Gasteiger partial charge in [0, 0.05) is 17.8 Å². The molecule has 0 bridgehead atoms. The van der Waals surface area contributed by atoms with Crippen LogP contribution in [-0.2, 0) is 30.9 Å². The summed E-state index contributed by atoms with van der Waals surface area (Å²) >= 11 is 0. The van der Waals surface area contributed by atoms with Gasteiger partial charge in [-0.1, -0.05) is 61.5 Å². The Balaban J connectivity index is 1.54. The lowest BCUT2D eigenvalue weighted by Gasteiger charge is -2.08. The minimum atomic E-state index is -0.197. The van der Waals surface area contributed by atoms with E-state index in [1.54, 1.807) is 0 Å². The highest BCUT2D eigenvalue weighted by atomic mass is 16.5. The van der Waals surface area contributed by atoms with Gasteiger partial charge in [-0.3, -0.25) is 9.59 Å². The van der Waals surface area contributed by atoms with Crippen LogP contribution in [0, 0.1) is 6.92 Å². The average molecular weight is 405 g/mol. The number of aryl methyl sites for hydroxylation is 1. The highest BCUT2D eigenvalue weighted by molar-refractivity contribution is 6.02. The maximum Gasteiger partial charge on any atom is 0.268 e. The molecule has 0 aliphatic heterocycles. The summed E-state index contributed by atoms with van der Waals surface area (Å²) in [5.41, 5.74) is 5.86. The first-order valence-corrected chi connectivity index (χ1v) is 10.2. The summed E-state index contributed by atoms with van der Waals surface area (Å²) in [6.07, 6.45) is 0.625. The summed E-state index contributed by atoms with van der Waals surface area (Å²) in [6, 6.07) is 18.1. The number of H-pyrrole nitrogens is 1. The van der Waals surface area contributed by atoms with E-state index in [9.17, 15) is 9.59 Å². The predicted molar refractivity (Wildman–Crippen MR) is 117 cm³/mol. The molecule has 0 saturated heterocycles. The molecule has 0 unspecified atom stereocenters. The number of rotatable bonds is 9. The molecule has 5 heteroatoms. The molecule has 3 rings (SSSR count). The number of carbonyl (C=O) groups excluding carboxylic acids is 2. The molecule has 0 atom stereocenters. The number of aromatic amines is 1. The van der Waals surface area contributed by atoms with Crippen molar-refractivity contribution >= 4 is 11.7 Å². The zero-order valence-corrected chi connectivity index (χ0v) is 17.7. The lowest BCUT2D eigenvalue weighted by atomic mass is 10.0. The zero-order chi connectivity index (χ0) is 21.5. The molecular weight excluding hydrogens is 376 g/mol. The maximum atomic E-state index is 12.7. The SMILES string of the molecule is CCc1c(C(=O)NCc2ccc(COCc3ccccc3)cc2)[nH]c(C)c1C(C)=O. The third-order valence-electron chi connectivity index (χ3n) is 5.08.